The van der Waals surface area contributed by atoms with Crippen LogP contribution in [0.4, 0.5) is 0 Å². The second-order valence-corrected chi connectivity index (χ2v) is 2.44. The summed E-state index contributed by atoms with van der Waals surface area (Å²) in [4.78, 5) is 14.8. The van der Waals surface area contributed by atoms with E-state index in [0.29, 0.717) is 22.7 Å². The van der Waals surface area contributed by atoms with Gasteiger partial charge in [0.05, 0.1) is 6.33 Å². The summed E-state index contributed by atoms with van der Waals surface area (Å²) in [5, 5.41) is 11.1. The lowest BCUT2D eigenvalue weighted by molar-refractivity contribution is 0.895. The predicted molar refractivity (Wildman–Crippen MR) is 41.7 cm³/mol. The van der Waals surface area contributed by atoms with E-state index in [1.54, 1.807) is 0 Å². The van der Waals surface area contributed by atoms with E-state index in [2.05, 4.69) is 35.3 Å². The fourth-order valence-electron chi connectivity index (χ4n) is 1.15. The minimum absolute atomic E-state index is 0.465. The Morgan fingerprint density at radius 1 is 1.08 bits per heavy atom. The number of nitrogens with one attached hydrogen (secondary N) is 1. The lowest BCUT2D eigenvalue weighted by atomic mass is 10.4. The van der Waals surface area contributed by atoms with Gasteiger partial charge >= 0.3 is 0 Å². The third kappa shape index (κ3) is 0.776. The maximum absolute atomic E-state index is 4.03. The summed E-state index contributed by atoms with van der Waals surface area (Å²) in [6.07, 6.45) is 2.97. The molecule has 0 aromatic carbocycles. The normalized spacial score (nSPS) is 11.1. The van der Waals surface area contributed by atoms with E-state index in [0.717, 1.165) is 0 Å². The van der Waals surface area contributed by atoms with Crippen LogP contribution in [0.25, 0.3) is 22.7 Å². The summed E-state index contributed by atoms with van der Waals surface area (Å²) in [6.45, 7) is 0. The zero-order valence-corrected chi connectivity index (χ0v) is 6.34. The molecule has 2 aliphatic heterocycles. The molecule has 0 aliphatic carbocycles. The van der Waals surface area contributed by atoms with Crippen LogP contribution in [0, 0.1) is 0 Å². The molecule has 0 spiro atoms. The van der Waals surface area contributed by atoms with E-state index >= 15 is 0 Å². The molecule has 0 fully saturated rings. The number of aromatic nitrogens is 7. The summed E-state index contributed by atoms with van der Waals surface area (Å²) >= 11 is 0. The van der Waals surface area contributed by atoms with Gasteiger partial charge in [0.25, 0.3) is 0 Å². The zero-order valence-electron chi connectivity index (χ0n) is 6.34. The molecule has 2 aliphatic rings. The van der Waals surface area contributed by atoms with Gasteiger partial charge in [-0.05, 0) is 5.21 Å². The van der Waals surface area contributed by atoms with Crippen LogP contribution in [0.2, 0.25) is 0 Å². The van der Waals surface area contributed by atoms with Gasteiger partial charge in [0, 0.05) is 0 Å². The second-order valence-electron chi connectivity index (χ2n) is 2.44. The third-order valence-corrected chi connectivity index (χ3v) is 1.71. The standard InChI is InChI=1S/C6H3N7/c1-7-3-4-6(10-2-8-4)12-13-11-5(3)9-1/h1-2H,(H,7,8,9,10,11,12). The number of hydrogen-bond acceptors (Lipinski definition) is 6. The maximum atomic E-state index is 4.03. The Kier molecular flexibility index (Phi) is 1.05. The van der Waals surface area contributed by atoms with Gasteiger partial charge in [0.2, 0.25) is 11.5 Å². The number of imidazole rings is 2. The average Bonchev–Trinajstić information content (AvgIpc) is 2.72. The Labute approximate surface area is 71.6 Å². The van der Waals surface area contributed by atoms with Crippen molar-refractivity contribution in [3.63, 3.8) is 0 Å². The molecule has 3 rings (SSSR count). The SMILES string of the molecule is c1nc2nnnc3nc[nH]c3c-2n1. The molecule has 1 N–H and O–H groups in total. The molecule has 7 nitrogen and oxygen atoms in total. The molecule has 7 heteroatoms. The second kappa shape index (κ2) is 2.16. The van der Waals surface area contributed by atoms with Crippen LogP contribution < -0.4 is 0 Å². The summed E-state index contributed by atoms with van der Waals surface area (Å²) in [7, 11) is 0. The molecule has 0 unspecified atom stereocenters. The third-order valence-electron chi connectivity index (χ3n) is 1.71. The maximum Gasteiger partial charge on any atom is 0.206 e. The summed E-state index contributed by atoms with van der Waals surface area (Å²) in [6, 6.07) is 0. The highest BCUT2D eigenvalue weighted by atomic mass is 15.3. The molecular weight excluding hydrogens is 170 g/mol. The van der Waals surface area contributed by atoms with Crippen molar-refractivity contribution in [3.05, 3.63) is 12.7 Å². The average molecular weight is 173 g/mol. The van der Waals surface area contributed by atoms with Crippen LogP contribution >= 0.6 is 0 Å². The van der Waals surface area contributed by atoms with Gasteiger partial charge in [-0.25, -0.2) is 15.0 Å². The molecule has 0 saturated carbocycles. The molecule has 0 bridgehead atoms. The Balaban J connectivity index is 2.58. The first kappa shape index (κ1) is 6.35. The number of aromatic amines is 1. The topological polar surface area (TPSA) is 93.1 Å². The first-order valence-corrected chi connectivity index (χ1v) is 3.58. The van der Waals surface area contributed by atoms with Crippen LogP contribution in [0.1, 0.15) is 0 Å². The highest BCUT2D eigenvalue weighted by molar-refractivity contribution is 5.83. The van der Waals surface area contributed by atoms with E-state index < -0.39 is 0 Å². The fraction of sp³-hybridized carbons (Fsp3) is 0. The lowest BCUT2D eigenvalue weighted by Crippen LogP contribution is -1.81. The molecule has 13 heavy (non-hydrogen) atoms. The molecule has 1 aromatic rings. The number of nitrogens with zero attached hydrogens (tertiary/aromatic N) is 6. The molecule has 0 radical (unpaired) electrons. The minimum atomic E-state index is 0.465. The fourth-order valence-corrected chi connectivity index (χ4v) is 1.15. The number of hydrogen-bond donors (Lipinski definition) is 1. The monoisotopic (exact) mass is 173 g/mol. The van der Waals surface area contributed by atoms with Crippen LogP contribution in [-0.2, 0) is 0 Å². The first-order chi connectivity index (χ1) is 6.45. The van der Waals surface area contributed by atoms with Gasteiger partial charge in [-0.3, -0.25) is 0 Å². The van der Waals surface area contributed by atoms with Crippen LogP contribution in [0.3, 0.4) is 0 Å². The summed E-state index contributed by atoms with van der Waals surface area (Å²) in [5.74, 6) is 0.465. The predicted octanol–water partition coefficient (Wildman–Crippen LogP) is -0.357. The molecule has 1 aromatic heterocycles. The van der Waals surface area contributed by atoms with E-state index in [1.165, 1.54) is 12.7 Å². The van der Waals surface area contributed by atoms with Gasteiger partial charge < -0.3 is 4.98 Å². The van der Waals surface area contributed by atoms with E-state index in [-0.39, 0.29) is 0 Å². The van der Waals surface area contributed by atoms with Crippen molar-refractivity contribution in [2.45, 2.75) is 0 Å². The van der Waals surface area contributed by atoms with Gasteiger partial charge in [0.15, 0.2) is 0 Å². The van der Waals surface area contributed by atoms with Crippen LogP contribution in [0.5, 0.6) is 0 Å². The van der Waals surface area contributed by atoms with Gasteiger partial charge in [-0.2, -0.15) is 0 Å². The van der Waals surface area contributed by atoms with Gasteiger partial charge in [-0.15, -0.1) is 10.2 Å². The van der Waals surface area contributed by atoms with Crippen molar-refractivity contribution in [3.8, 4) is 11.5 Å². The Hall–Kier alpha value is -2.18. The lowest BCUT2D eigenvalue weighted by Gasteiger charge is -1.83. The Morgan fingerprint density at radius 2 is 2.08 bits per heavy atom. The van der Waals surface area contributed by atoms with Crippen molar-refractivity contribution >= 4 is 11.2 Å². The quantitative estimate of drug-likeness (QED) is 0.499. The first-order valence-electron chi connectivity index (χ1n) is 3.58. The van der Waals surface area contributed by atoms with Gasteiger partial charge in [-0.1, -0.05) is 0 Å². The zero-order chi connectivity index (χ0) is 8.67. The molecule has 0 amide bonds. The van der Waals surface area contributed by atoms with Crippen molar-refractivity contribution in [2.75, 3.05) is 0 Å². The molecular formula is C6H3N7. The smallest absolute Gasteiger partial charge is 0.206 e. The largest absolute Gasteiger partial charge is 0.341 e. The summed E-state index contributed by atoms with van der Waals surface area (Å²) < 4.78 is 0. The highest BCUT2D eigenvalue weighted by Crippen LogP contribution is 2.18. The molecule has 62 valence electrons. The van der Waals surface area contributed by atoms with E-state index in [1.807, 2.05) is 0 Å². The Bertz CT molecular complexity index is 529. The van der Waals surface area contributed by atoms with E-state index in [9.17, 15) is 0 Å². The molecule has 3 heterocycles. The minimum Gasteiger partial charge on any atom is -0.341 e. The van der Waals surface area contributed by atoms with Crippen molar-refractivity contribution in [1.29, 1.82) is 0 Å². The molecule has 0 saturated heterocycles. The van der Waals surface area contributed by atoms with Crippen LogP contribution in [-0.4, -0.2) is 35.3 Å². The number of rotatable bonds is 0. The molecule has 0 atom stereocenters. The van der Waals surface area contributed by atoms with E-state index in [4.69, 9.17) is 0 Å². The van der Waals surface area contributed by atoms with Gasteiger partial charge in [0.1, 0.15) is 17.5 Å². The Morgan fingerprint density at radius 3 is 3.08 bits per heavy atom. The van der Waals surface area contributed by atoms with Crippen LogP contribution in [0.15, 0.2) is 12.7 Å². The number of H-pyrrole nitrogens is 1. The summed E-state index contributed by atoms with van der Waals surface area (Å²) in [5.41, 5.74) is 1.83. The van der Waals surface area contributed by atoms with Crippen molar-refractivity contribution < 1.29 is 0 Å². The number of fused-ring (bicyclic) bond motifs is 3. The van der Waals surface area contributed by atoms with Crippen molar-refractivity contribution in [2.24, 2.45) is 0 Å². The highest BCUT2D eigenvalue weighted by Gasteiger charge is 2.12. The van der Waals surface area contributed by atoms with Crippen molar-refractivity contribution in [1.82, 2.24) is 35.3 Å².